The van der Waals surface area contributed by atoms with Crippen LogP contribution in [0.1, 0.15) is 22.4 Å². The van der Waals surface area contributed by atoms with Gasteiger partial charge in [-0.3, -0.25) is 19.6 Å². The predicted octanol–water partition coefficient (Wildman–Crippen LogP) is 6.68. The molecule has 0 unspecified atom stereocenters. The van der Waals surface area contributed by atoms with E-state index in [0.717, 1.165) is 72.6 Å². The monoisotopic (exact) mass is 739 g/mol. The number of amides is 2. The lowest BCUT2D eigenvalue weighted by Crippen LogP contribution is -2.27. The Morgan fingerprint density at radius 2 is 1.07 bits per heavy atom. The summed E-state index contributed by atoms with van der Waals surface area (Å²) in [6, 6.07) is 29.5. The molecule has 0 spiro atoms. The number of aromatic nitrogens is 1. The van der Waals surface area contributed by atoms with E-state index in [1.54, 1.807) is 59.4 Å². The van der Waals surface area contributed by atoms with Crippen LogP contribution in [0.25, 0.3) is 21.7 Å². The number of fused-ring (bicyclic) bond motifs is 4. The lowest BCUT2D eigenvalue weighted by molar-refractivity contribution is -0.117. The Labute approximate surface area is 318 Å². The molecule has 0 saturated carbocycles. The molecule has 0 fully saturated rings. The van der Waals surface area contributed by atoms with Gasteiger partial charge in [-0.05, 0) is 53.2 Å². The van der Waals surface area contributed by atoms with Crippen molar-refractivity contribution in [2.24, 2.45) is 9.98 Å². The third-order valence-electron chi connectivity index (χ3n) is 9.84. The summed E-state index contributed by atoms with van der Waals surface area (Å²) in [5, 5.41) is 3.23. The maximum Gasteiger partial charge on any atom is 0.248 e. The molecule has 2 amide bonds. The molecule has 6 aromatic rings. The second-order valence-electron chi connectivity index (χ2n) is 12.9. The predicted molar refractivity (Wildman–Crippen MR) is 216 cm³/mol. The quantitative estimate of drug-likeness (QED) is 0.194. The Morgan fingerprint density at radius 3 is 1.65 bits per heavy atom. The van der Waals surface area contributed by atoms with E-state index in [0.29, 0.717) is 23.0 Å². The van der Waals surface area contributed by atoms with Gasteiger partial charge < -0.3 is 38.5 Å². The van der Waals surface area contributed by atoms with Gasteiger partial charge >= 0.3 is 0 Å². The van der Waals surface area contributed by atoms with Gasteiger partial charge in [0.2, 0.25) is 11.8 Å². The minimum Gasteiger partial charge on any atom is -0.497 e. The molecule has 280 valence electrons. The van der Waals surface area contributed by atoms with Gasteiger partial charge in [0.25, 0.3) is 0 Å². The van der Waals surface area contributed by atoms with Crippen LogP contribution in [-0.4, -0.2) is 91.0 Å². The van der Waals surface area contributed by atoms with Crippen molar-refractivity contribution in [2.75, 3.05) is 72.5 Å². The molecule has 5 aromatic carbocycles. The molecule has 0 saturated heterocycles. The van der Waals surface area contributed by atoms with E-state index in [2.05, 4.69) is 21.0 Å². The van der Waals surface area contributed by atoms with Crippen molar-refractivity contribution in [1.29, 1.82) is 0 Å². The highest BCUT2D eigenvalue weighted by molar-refractivity contribution is 6.21. The van der Waals surface area contributed by atoms with Crippen molar-refractivity contribution >= 4 is 56.3 Å². The number of hydrogen-bond donors (Lipinski definition) is 1. The number of aliphatic imine (C=N–C) groups is 2. The van der Waals surface area contributed by atoms with Gasteiger partial charge in [0, 0.05) is 53.8 Å². The van der Waals surface area contributed by atoms with Gasteiger partial charge in [0.05, 0.1) is 64.0 Å². The van der Waals surface area contributed by atoms with Crippen LogP contribution in [0.15, 0.2) is 101 Å². The van der Waals surface area contributed by atoms with Gasteiger partial charge in [-0.15, -0.1) is 0 Å². The zero-order valence-corrected chi connectivity index (χ0v) is 31.7. The van der Waals surface area contributed by atoms with Crippen molar-refractivity contribution in [2.45, 2.75) is 0 Å². The number of methoxy groups -OCH3 is 5. The van der Waals surface area contributed by atoms with Gasteiger partial charge in [-0.2, -0.15) is 0 Å². The molecule has 0 bridgehead atoms. The van der Waals surface area contributed by atoms with Crippen LogP contribution in [0.5, 0.6) is 28.7 Å². The molecular weight excluding hydrogens is 699 g/mol. The molecule has 0 radical (unpaired) electrons. The summed E-state index contributed by atoms with van der Waals surface area (Å²) in [4.78, 5) is 40.8. The first kappa shape index (κ1) is 36.5. The standard InChI is InChI=1S/C23H22N2O4.C20H19N3O3/c1-25-19-12-21(29-4)20(28-3)11-18(19)23(24-13-22(25)26)16-6-5-15-10-17(27-2)8-7-14(15)9-16;1-23-16-10-18(26-3)17(25-2)9-13(16)20(21-11-19(23)24)15-8-12-6-4-5-7-14(12)22-15/h5-12H,13H2,1-4H3;4-10,22H,11H2,1-3H3. The van der Waals surface area contributed by atoms with Gasteiger partial charge in [-0.25, -0.2) is 0 Å². The van der Waals surface area contributed by atoms with E-state index >= 15 is 0 Å². The second-order valence-corrected chi connectivity index (χ2v) is 12.9. The minimum absolute atomic E-state index is 0.0752. The summed E-state index contributed by atoms with van der Waals surface area (Å²) in [5.41, 5.74) is 7.41. The summed E-state index contributed by atoms with van der Waals surface area (Å²) in [6.07, 6.45) is 0. The molecule has 55 heavy (non-hydrogen) atoms. The number of H-pyrrole nitrogens is 1. The fourth-order valence-electron chi connectivity index (χ4n) is 6.79. The zero-order valence-electron chi connectivity index (χ0n) is 31.7. The van der Waals surface area contributed by atoms with Crippen LogP contribution in [0, 0.1) is 0 Å². The van der Waals surface area contributed by atoms with Crippen molar-refractivity contribution in [3.8, 4) is 28.7 Å². The highest BCUT2D eigenvalue weighted by Gasteiger charge is 2.27. The normalized spacial score (nSPS) is 13.8. The van der Waals surface area contributed by atoms with E-state index < -0.39 is 0 Å². The number of nitrogens with one attached hydrogen (secondary N) is 1. The summed E-state index contributed by atoms with van der Waals surface area (Å²) < 4.78 is 27.1. The van der Waals surface area contributed by atoms with Crippen LogP contribution in [0.3, 0.4) is 0 Å². The number of nitrogens with zero attached hydrogens (tertiary/aromatic N) is 4. The molecule has 2 aliphatic heterocycles. The topological polar surface area (TPSA) is 127 Å². The number of rotatable bonds is 7. The summed E-state index contributed by atoms with van der Waals surface area (Å²) in [7, 11) is 11.5. The molecule has 0 atom stereocenters. The van der Waals surface area contributed by atoms with Crippen LogP contribution in [-0.2, 0) is 9.59 Å². The number of carbonyl (C=O) groups is 2. The molecule has 8 rings (SSSR count). The van der Waals surface area contributed by atoms with Crippen LogP contribution in [0.4, 0.5) is 11.4 Å². The van der Waals surface area contributed by atoms with E-state index in [1.807, 2.05) is 84.9 Å². The van der Waals surface area contributed by atoms with Crippen LogP contribution in [0.2, 0.25) is 0 Å². The lowest BCUT2D eigenvalue weighted by atomic mass is 9.97. The number of ether oxygens (including phenoxy) is 5. The SMILES string of the molecule is COc1cc2c(cc1OC)N(C)C(=O)CN=C2c1cc2ccccc2[nH]1.COc1ccc2cc(C3=NCC(=O)N(C)c4cc(OC)c(OC)cc43)ccc2c1. The smallest absolute Gasteiger partial charge is 0.248 e. The lowest BCUT2D eigenvalue weighted by Gasteiger charge is -2.20. The molecule has 2 aliphatic rings. The Hall–Kier alpha value is -6.82. The average molecular weight is 740 g/mol. The molecule has 0 aliphatic carbocycles. The number of para-hydroxylation sites is 1. The number of benzene rings is 5. The summed E-state index contributed by atoms with van der Waals surface area (Å²) in [5.74, 6) is 2.97. The maximum absolute atomic E-state index is 12.5. The number of hydrogen-bond acceptors (Lipinski definition) is 9. The van der Waals surface area contributed by atoms with Crippen molar-refractivity contribution < 1.29 is 33.3 Å². The first-order valence-corrected chi connectivity index (χ1v) is 17.5. The van der Waals surface area contributed by atoms with E-state index in [4.69, 9.17) is 23.7 Å². The van der Waals surface area contributed by atoms with Gasteiger partial charge in [0.15, 0.2) is 23.0 Å². The molecule has 3 heterocycles. The Kier molecular flexibility index (Phi) is 10.1. The first-order chi connectivity index (χ1) is 26.7. The van der Waals surface area contributed by atoms with E-state index in [1.165, 1.54) is 0 Å². The zero-order chi connectivity index (χ0) is 38.8. The number of carbonyl (C=O) groups excluding carboxylic acids is 2. The molecular formula is C43H41N5O7. The van der Waals surface area contributed by atoms with Crippen molar-refractivity contribution in [3.05, 3.63) is 113 Å². The largest absolute Gasteiger partial charge is 0.497 e. The molecule has 1 aromatic heterocycles. The minimum atomic E-state index is -0.0843. The summed E-state index contributed by atoms with van der Waals surface area (Å²) >= 11 is 0. The average Bonchev–Trinajstić information content (AvgIpc) is 3.56. The molecule has 12 heteroatoms. The Bertz CT molecular complexity index is 2490. The second kappa shape index (κ2) is 15.3. The molecule has 1 N–H and O–H groups in total. The highest BCUT2D eigenvalue weighted by atomic mass is 16.5. The third kappa shape index (κ3) is 6.90. The Morgan fingerprint density at radius 1 is 0.545 bits per heavy atom. The Balaban J connectivity index is 0.000000170. The number of benzodiazepines with no additional fused rings is 2. The van der Waals surface area contributed by atoms with Crippen molar-refractivity contribution in [1.82, 2.24) is 4.98 Å². The number of aromatic amines is 1. The van der Waals surface area contributed by atoms with Crippen molar-refractivity contribution in [3.63, 3.8) is 0 Å². The van der Waals surface area contributed by atoms with Gasteiger partial charge in [-0.1, -0.05) is 36.4 Å². The highest BCUT2D eigenvalue weighted by Crippen LogP contribution is 2.39. The fourth-order valence-corrected chi connectivity index (χ4v) is 6.79. The maximum atomic E-state index is 12.5. The van der Waals surface area contributed by atoms with E-state index in [-0.39, 0.29) is 24.9 Å². The third-order valence-corrected chi connectivity index (χ3v) is 9.84. The molecule has 12 nitrogen and oxygen atoms in total. The number of likely N-dealkylation sites (N-methyl/N-ethyl adjacent to an activating group) is 2. The fraction of sp³-hybridized carbons (Fsp3) is 0.209. The number of anilines is 2. The van der Waals surface area contributed by atoms with Crippen LogP contribution < -0.4 is 33.5 Å². The summed E-state index contributed by atoms with van der Waals surface area (Å²) in [6.45, 7) is 0.159. The van der Waals surface area contributed by atoms with Gasteiger partial charge in [0.1, 0.15) is 18.8 Å². The van der Waals surface area contributed by atoms with Crippen LogP contribution >= 0.6 is 0 Å². The van der Waals surface area contributed by atoms with E-state index in [9.17, 15) is 9.59 Å². The first-order valence-electron chi connectivity index (χ1n) is 17.5.